The van der Waals surface area contributed by atoms with Crippen molar-refractivity contribution in [2.75, 3.05) is 0 Å². The zero-order chi connectivity index (χ0) is 17.4. The smallest absolute Gasteiger partial charge is 0.323 e. The molecule has 0 aliphatic carbocycles. The number of hydrogen-bond acceptors (Lipinski definition) is 4. The van der Waals surface area contributed by atoms with Gasteiger partial charge in [0.15, 0.2) is 0 Å². The maximum absolute atomic E-state index is 11.3. The second kappa shape index (κ2) is 6.07. The largest absolute Gasteiger partial charge is 0.480 e. The molecule has 0 unspecified atom stereocenters. The average Bonchev–Trinajstić information content (AvgIpc) is 3.20. The molecule has 7 heteroatoms. The van der Waals surface area contributed by atoms with Crippen molar-refractivity contribution in [3.05, 3.63) is 59.6 Å². The van der Waals surface area contributed by atoms with E-state index in [-0.39, 0.29) is 12.4 Å². The van der Waals surface area contributed by atoms with Crippen LogP contribution in [-0.4, -0.2) is 25.8 Å². The number of nitrogens with zero attached hydrogens (tertiary/aromatic N) is 3. The lowest BCUT2D eigenvalue weighted by Crippen LogP contribution is -2.09. The molecule has 0 saturated carbocycles. The van der Waals surface area contributed by atoms with E-state index in [0.29, 0.717) is 16.5 Å². The molecule has 124 valence electrons. The molecule has 0 spiro atoms. The molecule has 1 N–H and O–H groups in total. The Morgan fingerprint density at radius 3 is 2.80 bits per heavy atom. The van der Waals surface area contributed by atoms with E-state index in [9.17, 15) is 9.90 Å². The van der Waals surface area contributed by atoms with Crippen molar-refractivity contribution < 1.29 is 14.4 Å². The van der Waals surface area contributed by atoms with Gasteiger partial charge in [-0.1, -0.05) is 47.1 Å². The van der Waals surface area contributed by atoms with Crippen LogP contribution in [0.15, 0.2) is 59.1 Å². The zero-order valence-electron chi connectivity index (χ0n) is 12.9. The quantitative estimate of drug-likeness (QED) is 0.597. The highest BCUT2D eigenvalue weighted by Crippen LogP contribution is 2.29. The molecule has 0 aliphatic rings. The number of fused-ring (bicyclic) bond motifs is 1. The number of hydrogen-bond donors (Lipinski definition) is 1. The molecular formula is C18H12ClN3O3. The van der Waals surface area contributed by atoms with Gasteiger partial charge >= 0.3 is 5.97 Å². The van der Waals surface area contributed by atoms with Gasteiger partial charge in [-0.2, -0.15) is 4.98 Å². The first-order valence-electron chi connectivity index (χ1n) is 7.52. The van der Waals surface area contributed by atoms with Crippen LogP contribution in [0.5, 0.6) is 0 Å². The second-order valence-corrected chi connectivity index (χ2v) is 5.94. The Bertz CT molecular complexity index is 1080. The first-order chi connectivity index (χ1) is 12.1. The minimum absolute atomic E-state index is 0.197. The van der Waals surface area contributed by atoms with Crippen LogP contribution < -0.4 is 0 Å². The van der Waals surface area contributed by atoms with Gasteiger partial charge in [0.1, 0.15) is 12.2 Å². The fourth-order valence-electron chi connectivity index (χ4n) is 2.77. The Morgan fingerprint density at radius 2 is 2.00 bits per heavy atom. The molecule has 0 bridgehead atoms. The summed E-state index contributed by atoms with van der Waals surface area (Å²) in [5.41, 5.74) is 2.08. The first kappa shape index (κ1) is 15.4. The summed E-state index contributed by atoms with van der Waals surface area (Å²) in [6.07, 6.45) is 0. The summed E-state index contributed by atoms with van der Waals surface area (Å²) in [4.78, 5) is 15.7. The molecule has 2 heterocycles. The van der Waals surface area contributed by atoms with E-state index in [1.165, 1.54) is 0 Å². The molecule has 0 fully saturated rings. The Hall–Kier alpha value is -3.12. The summed E-state index contributed by atoms with van der Waals surface area (Å²) in [5.74, 6) is -0.297. The van der Waals surface area contributed by atoms with Gasteiger partial charge in [0.2, 0.25) is 5.82 Å². The summed E-state index contributed by atoms with van der Waals surface area (Å²) < 4.78 is 7.02. The molecule has 4 rings (SSSR count). The zero-order valence-corrected chi connectivity index (χ0v) is 13.6. The third kappa shape index (κ3) is 2.88. The Labute approximate surface area is 147 Å². The van der Waals surface area contributed by atoms with Crippen molar-refractivity contribution in [1.29, 1.82) is 0 Å². The van der Waals surface area contributed by atoms with Crippen LogP contribution in [0, 0.1) is 0 Å². The Balaban J connectivity index is 1.83. The number of rotatable bonds is 4. The minimum atomic E-state index is -0.947. The van der Waals surface area contributed by atoms with Gasteiger partial charge in [-0.05, 0) is 24.3 Å². The van der Waals surface area contributed by atoms with E-state index >= 15 is 0 Å². The molecule has 0 aliphatic heterocycles. The van der Waals surface area contributed by atoms with E-state index < -0.39 is 5.97 Å². The standard InChI is InChI=1S/C18H12ClN3O3/c19-13-6-3-5-12(8-13)17-20-18(25-21-17)15-9-11-4-1-2-7-14(11)22(15)10-16(23)24/h1-9H,10H2,(H,23,24). The molecule has 25 heavy (non-hydrogen) atoms. The Morgan fingerprint density at radius 1 is 1.16 bits per heavy atom. The van der Waals surface area contributed by atoms with Crippen molar-refractivity contribution in [1.82, 2.24) is 14.7 Å². The number of halogens is 1. The number of benzene rings is 2. The summed E-state index contributed by atoms with van der Waals surface area (Å²) in [5, 5.41) is 14.7. The van der Waals surface area contributed by atoms with Gasteiger partial charge in [-0.25, -0.2) is 0 Å². The fourth-order valence-corrected chi connectivity index (χ4v) is 2.96. The SMILES string of the molecule is O=C(O)Cn1c(-c2nc(-c3cccc(Cl)c3)no2)cc2ccccc21. The molecule has 0 saturated heterocycles. The summed E-state index contributed by atoms with van der Waals surface area (Å²) in [6.45, 7) is -0.197. The first-order valence-corrected chi connectivity index (χ1v) is 7.90. The van der Waals surface area contributed by atoms with E-state index in [2.05, 4.69) is 10.1 Å². The number of carboxylic acids is 1. The van der Waals surface area contributed by atoms with Gasteiger partial charge in [-0.3, -0.25) is 4.79 Å². The lowest BCUT2D eigenvalue weighted by molar-refractivity contribution is -0.137. The van der Waals surface area contributed by atoms with E-state index in [4.69, 9.17) is 16.1 Å². The molecule has 2 aromatic heterocycles. The lowest BCUT2D eigenvalue weighted by atomic mass is 10.2. The molecule has 0 amide bonds. The molecule has 0 radical (unpaired) electrons. The average molecular weight is 354 g/mol. The summed E-state index contributed by atoms with van der Waals surface area (Å²) in [7, 11) is 0. The van der Waals surface area contributed by atoms with Crippen molar-refractivity contribution >= 4 is 28.5 Å². The number of aliphatic carboxylic acids is 1. The lowest BCUT2D eigenvalue weighted by Gasteiger charge is -2.04. The van der Waals surface area contributed by atoms with Crippen LogP contribution in [0.4, 0.5) is 0 Å². The fraction of sp³-hybridized carbons (Fsp3) is 0.0556. The second-order valence-electron chi connectivity index (χ2n) is 5.50. The van der Waals surface area contributed by atoms with Crippen molar-refractivity contribution in [3.63, 3.8) is 0 Å². The molecule has 0 atom stereocenters. The van der Waals surface area contributed by atoms with Crippen LogP contribution >= 0.6 is 11.6 Å². The topological polar surface area (TPSA) is 81.1 Å². The molecule has 2 aromatic carbocycles. The maximum atomic E-state index is 11.3. The van der Waals surface area contributed by atoms with E-state index in [1.54, 1.807) is 22.8 Å². The number of para-hydroxylation sites is 1. The van der Waals surface area contributed by atoms with Crippen molar-refractivity contribution in [3.8, 4) is 23.0 Å². The number of carbonyl (C=O) groups is 1. The van der Waals surface area contributed by atoms with Gasteiger partial charge < -0.3 is 14.2 Å². The molecule has 4 aromatic rings. The van der Waals surface area contributed by atoms with Crippen LogP contribution in [0.2, 0.25) is 5.02 Å². The van der Waals surface area contributed by atoms with E-state index in [1.807, 2.05) is 36.4 Å². The number of carboxylic acid groups (broad SMARTS) is 1. The predicted molar refractivity (Wildman–Crippen MR) is 93.3 cm³/mol. The van der Waals surface area contributed by atoms with Gasteiger partial charge in [-0.15, -0.1) is 0 Å². The van der Waals surface area contributed by atoms with Crippen LogP contribution in [0.25, 0.3) is 33.9 Å². The monoisotopic (exact) mass is 353 g/mol. The van der Waals surface area contributed by atoms with Crippen molar-refractivity contribution in [2.45, 2.75) is 6.54 Å². The van der Waals surface area contributed by atoms with Crippen LogP contribution in [0.1, 0.15) is 0 Å². The summed E-state index contributed by atoms with van der Waals surface area (Å²) in [6, 6.07) is 16.5. The van der Waals surface area contributed by atoms with Gasteiger partial charge in [0, 0.05) is 21.5 Å². The van der Waals surface area contributed by atoms with E-state index in [0.717, 1.165) is 16.5 Å². The summed E-state index contributed by atoms with van der Waals surface area (Å²) >= 11 is 6.00. The predicted octanol–water partition coefficient (Wildman–Crippen LogP) is 4.10. The minimum Gasteiger partial charge on any atom is -0.480 e. The van der Waals surface area contributed by atoms with Crippen LogP contribution in [0.3, 0.4) is 0 Å². The Kier molecular flexibility index (Phi) is 3.74. The third-order valence-corrected chi connectivity index (χ3v) is 4.07. The molecular weight excluding hydrogens is 342 g/mol. The highest BCUT2D eigenvalue weighted by molar-refractivity contribution is 6.30. The van der Waals surface area contributed by atoms with Crippen LogP contribution in [-0.2, 0) is 11.3 Å². The number of aromatic nitrogens is 3. The van der Waals surface area contributed by atoms with Gasteiger partial charge in [0.25, 0.3) is 5.89 Å². The van der Waals surface area contributed by atoms with Crippen molar-refractivity contribution in [2.24, 2.45) is 0 Å². The maximum Gasteiger partial charge on any atom is 0.323 e. The molecule has 6 nitrogen and oxygen atoms in total. The highest BCUT2D eigenvalue weighted by Gasteiger charge is 2.18. The highest BCUT2D eigenvalue weighted by atomic mass is 35.5. The normalized spacial score (nSPS) is 11.1. The van der Waals surface area contributed by atoms with Gasteiger partial charge in [0.05, 0.1) is 0 Å². The third-order valence-electron chi connectivity index (χ3n) is 3.83.